The second kappa shape index (κ2) is 8.33. The van der Waals surface area contributed by atoms with Crippen LogP contribution in [0.4, 0.5) is 16.0 Å². The number of aromatic nitrogens is 2. The molecule has 0 spiro atoms. The molecule has 2 N–H and O–H groups in total. The maximum absolute atomic E-state index is 13.0. The molecule has 1 fully saturated rings. The van der Waals surface area contributed by atoms with Gasteiger partial charge in [0.05, 0.1) is 0 Å². The first-order valence-corrected chi connectivity index (χ1v) is 9.26. The highest BCUT2D eigenvalue weighted by Crippen LogP contribution is 2.23. The lowest BCUT2D eigenvalue weighted by molar-refractivity contribution is 0.0926. The molecule has 6 nitrogen and oxygen atoms in total. The molecule has 1 amide bonds. The Morgan fingerprint density at radius 2 is 1.70 bits per heavy atom. The molecule has 144 valence electrons. The van der Waals surface area contributed by atoms with E-state index in [1.807, 2.05) is 32.0 Å². The summed E-state index contributed by atoms with van der Waals surface area (Å²) in [5, 5.41) is 6.55. The normalized spacial score (nSPS) is 19.4. The van der Waals surface area contributed by atoms with E-state index >= 15 is 0 Å². The fraction of sp³-hybridized carbons (Fsp3) is 0.450. The molecule has 0 unspecified atom stereocenters. The van der Waals surface area contributed by atoms with E-state index in [0.717, 1.165) is 43.1 Å². The SMILES string of the molecule is Cc1nc(NC2CCC(NC(=O)c3ccc(F)cc3)CC2)cc(N(C)C)n1. The summed E-state index contributed by atoms with van der Waals surface area (Å²) in [4.78, 5) is 23.1. The fourth-order valence-corrected chi connectivity index (χ4v) is 3.32. The minimum absolute atomic E-state index is 0.144. The summed E-state index contributed by atoms with van der Waals surface area (Å²) in [6.07, 6.45) is 3.70. The van der Waals surface area contributed by atoms with Gasteiger partial charge in [0, 0.05) is 37.8 Å². The van der Waals surface area contributed by atoms with E-state index in [2.05, 4.69) is 20.6 Å². The van der Waals surface area contributed by atoms with Gasteiger partial charge in [-0.25, -0.2) is 14.4 Å². The minimum atomic E-state index is -0.337. The number of aryl methyl sites for hydroxylation is 1. The van der Waals surface area contributed by atoms with E-state index < -0.39 is 0 Å². The summed E-state index contributed by atoms with van der Waals surface area (Å²) in [6, 6.07) is 8.06. The van der Waals surface area contributed by atoms with Crippen LogP contribution in [0.1, 0.15) is 41.9 Å². The lowest BCUT2D eigenvalue weighted by atomic mass is 9.91. The van der Waals surface area contributed by atoms with Gasteiger partial charge < -0.3 is 15.5 Å². The van der Waals surface area contributed by atoms with Crippen LogP contribution < -0.4 is 15.5 Å². The van der Waals surface area contributed by atoms with Crippen LogP contribution in [0.15, 0.2) is 30.3 Å². The molecule has 0 aliphatic heterocycles. The predicted octanol–water partition coefficient (Wildman–Crippen LogP) is 3.14. The third-order valence-electron chi connectivity index (χ3n) is 4.80. The first kappa shape index (κ1) is 19.1. The maximum Gasteiger partial charge on any atom is 0.251 e. The highest BCUT2D eigenvalue weighted by Gasteiger charge is 2.23. The molecule has 1 heterocycles. The van der Waals surface area contributed by atoms with Crippen molar-refractivity contribution in [1.82, 2.24) is 15.3 Å². The molecule has 1 saturated carbocycles. The van der Waals surface area contributed by atoms with Crippen molar-refractivity contribution < 1.29 is 9.18 Å². The number of hydrogen-bond donors (Lipinski definition) is 2. The van der Waals surface area contributed by atoms with Crippen molar-refractivity contribution in [2.24, 2.45) is 0 Å². The minimum Gasteiger partial charge on any atom is -0.367 e. The van der Waals surface area contributed by atoms with Crippen LogP contribution in [0.3, 0.4) is 0 Å². The van der Waals surface area contributed by atoms with E-state index in [1.165, 1.54) is 24.3 Å². The number of amides is 1. The van der Waals surface area contributed by atoms with Crippen LogP contribution in [-0.2, 0) is 0 Å². The van der Waals surface area contributed by atoms with Gasteiger partial charge in [-0.3, -0.25) is 4.79 Å². The Balaban J connectivity index is 1.52. The number of hydrogen-bond acceptors (Lipinski definition) is 5. The molecule has 3 rings (SSSR count). The van der Waals surface area contributed by atoms with Gasteiger partial charge in [-0.05, 0) is 56.9 Å². The van der Waals surface area contributed by atoms with E-state index in [0.29, 0.717) is 11.6 Å². The number of benzene rings is 1. The molecule has 2 aromatic rings. The topological polar surface area (TPSA) is 70.2 Å². The fourth-order valence-electron chi connectivity index (χ4n) is 3.32. The molecule has 27 heavy (non-hydrogen) atoms. The highest BCUT2D eigenvalue weighted by molar-refractivity contribution is 5.94. The Morgan fingerprint density at radius 1 is 1.07 bits per heavy atom. The summed E-state index contributed by atoms with van der Waals surface area (Å²) in [5.74, 6) is 1.98. The smallest absolute Gasteiger partial charge is 0.251 e. The van der Waals surface area contributed by atoms with E-state index in [1.54, 1.807) is 0 Å². The van der Waals surface area contributed by atoms with Gasteiger partial charge in [-0.1, -0.05) is 0 Å². The monoisotopic (exact) mass is 371 g/mol. The van der Waals surface area contributed by atoms with Crippen LogP contribution in [0.25, 0.3) is 0 Å². The zero-order valence-electron chi connectivity index (χ0n) is 16.0. The second-order valence-electron chi connectivity index (χ2n) is 7.23. The van der Waals surface area contributed by atoms with Crippen molar-refractivity contribution in [3.63, 3.8) is 0 Å². The van der Waals surface area contributed by atoms with Crippen molar-refractivity contribution >= 4 is 17.5 Å². The zero-order chi connectivity index (χ0) is 19.4. The van der Waals surface area contributed by atoms with Gasteiger partial charge in [0.25, 0.3) is 5.91 Å². The third-order valence-corrected chi connectivity index (χ3v) is 4.80. The van der Waals surface area contributed by atoms with Gasteiger partial charge in [-0.2, -0.15) is 0 Å². The second-order valence-corrected chi connectivity index (χ2v) is 7.23. The number of nitrogens with zero attached hydrogens (tertiary/aromatic N) is 3. The van der Waals surface area contributed by atoms with E-state index in [9.17, 15) is 9.18 Å². The van der Waals surface area contributed by atoms with Crippen molar-refractivity contribution in [3.05, 3.63) is 47.5 Å². The van der Waals surface area contributed by atoms with Gasteiger partial charge in [0.1, 0.15) is 23.3 Å². The number of halogens is 1. The lowest BCUT2D eigenvalue weighted by Gasteiger charge is -2.30. The summed E-state index contributed by atoms with van der Waals surface area (Å²) in [5.41, 5.74) is 0.490. The number of rotatable bonds is 5. The van der Waals surface area contributed by atoms with Crippen molar-refractivity contribution in [2.75, 3.05) is 24.3 Å². The number of anilines is 2. The summed E-state index contributed by atoms with van der Waals surface area (Å²) in [7, 11) is 3.92. The number of carbonyl (C=O) groups excluding carboxylic acids is 1. The molecular formula is C20H26FN5O. The van der Waals surface area contributed by atoms with Crippen LogP contribution in [0.2, 0.25) is 0 Å². The molecule has 1 aromatic heterocycles. The van der Waals surface area contributed by atoms with Gasteiger partial charge in [0.2, 0.25) is 0 Å². The molecule has 7 heteroatoms. The molecule has 0 atom stereocenters. The molecule has 0 bridgehead atoms. The van der Waals surface area contributed by atoms with Gasteiger partial charge in [-0.15, -0.1) is 0 Å². The number of carbonyl (C=O) groups is 1. The van der Waals surface area contributed by atoms with Crippen molar-refractivity contribution in [3.8, 4) is 0 Å². The molecule has 1 aliphatic rings. The standard InChI is InChI=1S/C20H26FN5O/c1-13-22-18(12-19(23-13)26(2)3)24-16-8-10-17(11-9-16)25-20(27)14-4-6-15(21)7-5-14/h4-7,12,16-17H,8-11H2,1-3H3,(H,25,27)(H,22,23,24). The van der Waals surface area contributed by atoms with Crippen LogP contribution >= 0.6 is 0 Å². The van der Waals surface area contributed by atoms with Crippen molar-refractivity contribution in [1.29, 1.82) is 0 Å². The quantitative estimate of drug-likeness (QED) is 0.845. The largest absolute Gasteiger partial charge is 0.367 e. The predicted molar refractivity (Wildman–Crippen MR) is 105 cm³/mol. The Hall–Kier alpha value is -2.70. The Kier molecular flexibility index (Phi) is 5.88. The Bertz CT molecular complexity index is 785. The highest BCUT2D eigenvalue weighted by atomic mass is 19.1. The Labute approximate surface area is 159 Å². The Morgan fingerprint density at radius 3 is 2.33 bits per heavy atom. The molecule has 0 saturated heterocycles. The summed E-state index contributed by atoms with van der Waals surface area (Å²) < 4.78 is 13.0. The molecule has 0 radical (unpaired) electrons. The van der Waals surface area contributed by atoms with E-state index in [4.69, 9.17) is 0 Å². The third kappa shape index (κ3) is 5.15. The number of nitrogens with one attached hydrogen (secondary N) is 2. The van der Waals surface area contributed by atoms with Gasteiger partial charge >= 0.3 is 0 Å². The lowest BCUT2D eigenvalue weighted by Crippen LogP contribution is -2.40. The van der Waals surface area contributed by atoms with E-state index in [-0.39, 0.29) is 17.8 Å². The van der Waals surface area contributed by atoms with Gasteiger partial charge in [0.15, 0.2) is 0 Å². The zero-order valence-corrected chi connectivity index (χ0v) is 16.0. The van der Waals surface area contributed by atoms with Crippen LogP contribution in [-0.4, -0.2) is 42.1 Å². The van der Waals surface area contributed by atoms with Crippen LogP contribution in [0.5, 0.6) is 0 Å². The first-order valence-electron chi connectivity index (χ1n) is 9.26. The molecule has 1 aromatic carbocycles. The van der Waals surface area contributed by atoms with Crippen molar-refractivity contribution in [2.45, 2.75) is 44.7 Å². The average molecular weight is 371 g/mol. The average Bonchev–Trinajstić information content (AvgIpc) is 2.63. The summed E-state index contributed by atoms with van der Waals surface area (Å²) in [6.45, 7) is 1.89. The summed E-state index contributed by atoms with van der Waals surface area (Å²) >= 11 is 0. The molecular weight excluding hydrogens is 345 g/mol. The maximum atomic E-state index is 13.0. The first-order chi connectivity index (χ1) is 12.9. The molecule has 1 aliphatic carbocycles. The van der Waals surface area contributed by atoms with Crippen LogP contribution in [0, 0.1) is 12.7 Å².